The Morgan fingerprint density at radius 3 is 2.48 bits per heavy atom. The quantitative estimate of drug-likeness (QED) is 0.308. The van der Waals surface area contributed by atoms with E-state index in [1.165, 1.54) is 6.42 Å². The third kappa shape index (κ3) is 8.85. The van der Waals surface area contributed by atoms with Crippen LogP contribution in [0.5, 0.6) is 0 Å². The van der Waals surface area contributed by atoms with Crippen molar-refractivity contribution in [3.8, 4) is 0 Å². The Kier molecular flexibility index (Phi) is 9.93. The molecule has 0 aromatic heterocycles. The Morgan fingerprint density at radius 2 is 1.82 bits per heavy atom. The molecule has 2 fully saturated rings. The van der Waals surface area contributed by atoms with E-state index in [0.29, 0.717) is 6.42 Å². The van der Waals surface area contributed by atoms with Gasteiger partial charge in [-0.25, -0.2) is 0 Å². The molecule has 1 aromatic carbocycles. The Hall–Kier alpha value is -1.73. The highest BCUT2D eigenvalue weighted by Crippen LogP contribution is 2.45. The highest BCUT2D eigenvalue weighted by atomic mass is 31.2. The SMILES string of the molecule is O=C(N[C@@H](Cc1ccccc1)C(=O)NC[C@@H](O)CP(=O)(O)CC1CCCCC1)[C@@H]1CCCN1. The summed E-state index contributed by atoms with van der Waals surface area (Å²) >= 11 is 0. The van der Waals surface area contributed by atoms with Gasteiger partial charge in [0.2, 0.25) is 19.2 Å². The maximum Gasteiger partial charge on any atom is 0.243 e. The van der Waals surface area contributed by atoms with Crippen LogP contribution in [0.4, 0.5) is 0 Å². The van der Waals surface area contributed by atoms with Gasteiger partial charge in [0, 0.05) is 19.1 Å². The molecule has 2 amide bonds. The van der Waals surface area contributed by atoms with Crippen molar-refractivity contribution in [2.24, 2.45) is 5.92 Å². The topological polar surface area (TPSA) is 128 Å². The molecule has 0 spiro atoms. The third-order valence-corrected chi connectivity index (χ3v) is 8.65. The molecule has 9 heteroatoms. The van der Waals surface area contributed by atoms with Crippen LogP contribution >= 0.6 is 7.37 Å². The Bertz CT molecular complexity index is 810. The normalized spacial score (nSPS) is 22.8. The predicted molar refractivity (Wildman–Crippen MR) is 128 cm³/mol. The van der Waals surface area contributed by atoms with Crippen molar-refractivity contribution in [1.29, 1.82) is 0 Å². The van der Waals surface area contributed by atoms with Crippen molar-refractivity contribution < 1.29 is 24.2 Å². The van der Waals surface area contributed by atoms with Gasteiger partial charge in [0.05, 0.1) is 18.3 Å². The first kappa shape index (κ1) is 25.9. The summed E-state index contributed by atoms with van der Waals surface area (Å²) in [7, 11) is -3.47. The van der Waals surface area contributed by atoms with Crippen molar-refractivity contribution in [1.82, 2.24) is 16.0 Å². The fourth-order valence-electron chi connectivity index (χ4n) is 4.82. The van der Waals surface area contributed by atoms with Gasteiger partial charge in [-0.2, -0.15) is 0 Å². The van der Waals surface area contributed by atoms with Crippen molar-refractivity contribution in [2.45, 2.75) is 69.6 Å². The molecule has 33 heavy (non-hydrogen) atoms. The summed E-state index contributed by atoms with van der Waals surface area (Å²) in [6, 6.07) is 8.32. The second-order valence-electron chi connectivity index (χ2n) is 9.51. The molecule has 1 saturated heterocycles. The van der Waals surface area contributed by atoms with E-state index in [2.05, 4.69) is 16.0 Å². The molecule has 0 bridgehead atoms. The Morgan fingerprint density at radius 1 is 1.09 bits per heavy atom. The van der Waals surface area contributed by atoms with Crippen LogP contribution in [0, 0.1) is 5.92 Å². The van der Waals surface area contributed by atoms with Crippen LogP contribution in [0.15, 0.2) is 30.3 Å². The number of hydrogen-bond donors (Lipinski definition) is 5. The summed E-state index contributed by atoms with van der Waals surface area (Å²) in [6.45, 7) is 0.652. The zero-order valence-corrected chi connectivity index (χ0v) is 20.1. The molecular formula is C24H38N3O5P. The van der Waals surface area contributed by atoms with Gasteiger partial charge in [0.25, 0.3) is 0 Å². The summed E-state index contributed by atoms with van der Waals surface area (Å²) in [5.74, 6) is -0.383. The van der Waals surface area contributed by atoms with Crippen molar-refractivity contribution in [2.75, 3.05) is 25.4 Å². The second kappa shape index (κ2) is 12.7. The smallest absolute Gasteiger partial charge is 0.243 e. The number of aliphatic hydroxyl groups is 1. The molecule has 184 valence electrons. The van der Waals surface area contributed by atoms with Crippen LogP contribution in [0.3, 0.4) is 0 Å². The summed E-state index contributed by atoms with van der Waals surface area (Å²) in [5.41, 5.74) is 0.908. The van der Waals surface area contributed by atoms with E-state index in [-0.39, 0.29) is 36.7 Å². The monoisotopic (exact) mass is 479 g/mol. The number of aliphatic hydroxyl groups excluding tert-OH is 1. The van der Waals surface area contributed by atoms with Crippen molar-refractivity contribution in [3.05, 3.63) is 35.9 Å². The van der Waals surface area contributed by atoms with Crippen LogP contribution in [-0.4, -0.2) is 65.4 Å². The molecule has 2 aliphatic rings. The maximum absolute atomic E-state index is 12.9. The lowest BCUT2D eigenvalue weighted by molar-refractivity contribution is -0.130. The van der Waals surface area contributed by atoms with Gasteiger partial charge < -0.3 is 26.0 Å². The average Bonchev–Trinajstić information content (AvgIpc) is 3.33. The summed E-state index contributed by atoms with van der Waals surface area (Å²) in [5, 5.41) is 19.0. The number of rotatable bonds is 11. The van der Waals surface area contributed by atoms with Crippen LogP contribution in [0.1, 0.15) is 50.5 Å². The molecule has 1 aliphatic carbocycles. The molecule has 1 unspecified atom stereocenters. The van der Waals surface area contributed by atoms with E-state index in [1.807, 2.05) is 30.3 Å². The lowest BCUT2D eigenvalue weighted by Gasteiger charge is -2.25. The number of amides is 2. The number of carbonyl (C=O) groups is 2. The zero-order chi connectivity index (χ0) is 23.7. The zero-order valence-electron chi connectivity index (χ0n) is 19.2. The van der Waals surface area contributed by atoms with E-state index >= 15 is 0 Å². The Labute approximate surface area is 196 Å². The van der Waals surface area contributed by atoms with E-state index in [1.54, 1.807) is 0 Å². The highest BCUT2D eigenvalue weighted by molar-refractivity contribution is 7.58. The minimum absolute atomic E-state index is 0.128. The summed E-state index contributed by atoms with van der Waals surface area (Å²) in [6.07, 6.45) is 6.16. The molecule has 1 heterocycles. The fraction of sp³-hybridized carbons (Fsp3) is 0.667. The van der Waals surface area contributed by atoms with Crippen LogP contribution in [0.25, 0.3) is 0 Å². The van der Waals surface area contributed by atoms with E-state index in [4.69, 9.17) is 0 Å². The standard InChI is InChI=1S/C24H38N3O5P/c28-20(17-33(31,32)16-19-10-5-2-6-11-19)15-26-23(29)22(14-18-8-3-1-4-9-18)27-24(30)21-12-7-13-25-21/h1,3-4,8-9,19-22,25,28H,2,5-7,10-17H2,(H,26,29)(H,27,30)(H,31,32)/t20-,21+,22+/m1/s1. The number of hydrogen-bond acceptors (Lipinski definition) is 5. The van der Waals surface area contributed by atoms with E-state index in [0.717, 1.165) is 50.6 Å². The van der Waals surface area contributed by atoms with Crippen LogP contribution in [0.2, 0.25) is 0 Å². The van der Waals surface area contributed by atoms with E-state index in [9.17, 15) is 24.2 Å². The predicted octanol–water partition coefficient (Wildman–Crippen LogP) is 1.79. The number of nitrogens with one attached hydrogen (secondary N) is 3. The molecule has 5 N–H and O–H groups in total. The van der Waals surface area contributed by atoms with Crippen molar-refractivity contribution >= 4 is 19.2 Å². The van der Waals surface area contributed by atoms with Crippen LogP contribution in [-0.2, 0) is 20.6 Å². The fourth-order valence-corrected chi connectivity index (χ4v) is 6.93. The largest absolute Gasteiger partial charge is 0.391 e. The lowest BCUT2D eigenvalue weighted by Crippen LogP contribution is -2.53. The molecule has 1 aliphatic heterocycles. The number of carbonyl (C=O) groups excluding carboxylic acids is 2. The first-order chi connectivity index (χ1) is 15.8. The van der Waals surface area contributed by atoms with Gasteiger partial charge in [0.15, 0.2) is 0 Å². The van der Waals surface area contributed by atoms with Crippen LogP contribution < -0.4 is 16.0 Å². The van der Waals surface area contributed by atoms with Gasteiger partial charge >= 0.3 is 0 Å². The highest BCUT2D eigenvalue weighted by Gasteiger charge is 2.30. The Balaban J connectivity index is 1.52. The molecule has 1 saturated carbocycles. The second-order valence-corrected chi connectivity index (χ2v) is 11.9. The van der Waals surface area contributed by atoms with Gasteiger partial charge in [-0.1, -0.05) is 49.6 Å². The third-order valence-electron chi connectivity index (χ3n) is 6.57. The molecule has 0 radical (unpaired) electrons. The van der Waals surface area contributed by atoms with Gasteiger partial charge in [0.1, 0.15) is 6.04 Å². The molecule has 4 atom stereocenters. The van der Waals surface area contributed by atoms with Gasteiger partial charge in [-0.3, -0.25) is 14.2 Å². The minimum Gasteiger partial charge on any atom is -0.391 e. The number of benzene rings is 1. The minimum atomic E-state index is -3.47. The van der Waals surface area contributed by atoms with E-state index < -0.39 is 25.4 Å². The molecular weight excluding hydrogens is 441 g/mol. The maximum atomic E-state index is 12.9. The summed E-state index contributed by atoms with van der Waals surface area (Å²) < 4.78 is 12.6. The first-order valence-electron chi connectivity index (χ1n) is 12.2. The molecule has 1 aromatic rings. The summed E-state index contributed by atoms with van der Waals surface area (Å²) in [4.78, 5) is 35.9. The average molecular weight is 480 g/mol. The molecule has 8 nitrogen and oxygen atoms in total. The molecule has 3 rings (SSSR count). The van der Waals surface area contributed by atoms with Gasteiger partial charge in [-0.15, -0.1) is 0 Å². The lowest BCUT2D eigenvalue weighted by atomic mass is 9.91. The first-order valence-corrected chi connectivity index (χ1v) is 14.2. The van der Waals surface area contributed by atoms with Gasteiger partial charge in [-0.05, 0) is 43.7 Å². The van der Waals surface area contributed by atoms with Crippen molar-refractivity contribution in [3.63, 3.8) is 0 Å².